The average Bonchev–Trinajstić information content (AvgIpc) is 2.62. The molecule has 1 aliphatic carbocycles. The first-order valence-electron chi connectivity index (χ1n) is 8.91. The third-order valence-electron chi connectivity index (χ3n) is 6.04. The zero-order valence-corrected chi connectivity index (χ0v) is 14.2. The third-order valence-corrected chi connectivity index (χ3v) is 6.04. The molecule has 2 heterocycles. The van der Waals surface area contributed by atoms with Crippen molar-refractivity contribution in [3.05, 3.63) is 0 Å². The van der Waals surface area contributed by atoms with E-state index in [1.165, 1.54) is 6.42 Å². The summed E-state index contributed by atoms with van der Waals surface area (Å²) in [4.78, 5) is 11.9. The Morgan fingerprint density at radius 3 is 2.64 bits per heavy atom. The summed E-state index contributed by atoms with van der Waals surface area (Å²) >= 11 is 0. The largest absolute Gasteiger partial charge is 0.459 e. The van der Waals surface area contributed by atoms with Crippen LogP contribution >= 0.6 is 0 Å². The first-order chi connectivity index (χ1) is 10.4. The molecule has 0 amide bonds. The Morgan fingerprint density at radius 1 is 1.09 bits per heavy atom. The van der Waals surface area contributed by atoms with E-state index in [-0.39, 0.29) is 29.4 Å². The van der Waals surface area contributed by atoms with Crippen LogP contribution in [0.3, 0.4) is 0 Å². The summed E-state index contributed by atoms with van der Waals surface area (Å²) in [7, 11) is 0. The second-order valence-electron chi connectivity index (χ2n) is 8.01. The van der Waals surface area contributed by atoms with Gasteiger partial charge >= 0.3 is 5.97 Å². The smallest absolute Gasteiger partial charge is 0.306 e. The van der Waals surface area contributed by atoms with Gasteiger partial charge in [0.25, 0.3) is 0 Å². The number of esters is 1. The molecule has 2 aliphatic heterocycles. The highest BCUT2D eigenvalue weighted by Crippen LogP contribution is 2.52. The quantitative estimate of drug-likeness (QED) is 0.727. The fourth-order valence-electron chi connectivity index (χ4n) is 4.78. The summed E-state index contributed by atoms with van der Waals surface area (Å²) in [6, 6.07) is 0. The number of carbonyl (C=O) groups is 1. The van der Waals surface area contributed by atoms with Crippen LogP contribution in [-0.2, 0) is 19.0 Å². The van der Waals surface area contributed by atoms with Crippen LogP contribution < -0.4 is 0 Å². The Morgan fingerprint density at radius 2 is 1.91 bits per heavy atom. The van der Waals surface area contributed by atoms with Gasteiger partial charge in [-0.05, 0) is 57.3 Å². The van der Waals surface area contributed by atoms with Crippen molar-refractivity contribution in [2.24, 2.45) is 11.3 Å². The third kappa shape index (κ3) is 3.05. The van der Waals surface area contributed by atoms with Crippen molar-refractivity contribution >= 4 is 5.97 Å². The predicted octanol–water partition coefficient (Wildman–Crippen LogP) is 3.82. The molecule has 0 aromatic carbocycles. The lowest BCUT2D eigenvalue weighted by Crippen LogP contribution is -2.56. The normalized spacial score (nSPS) is 42.1. The van der Waals surface area contributed by atoms with Crippen LogP contribution in [0, 0.1) is 11.3 Å². The van der Waals surface area contributed by atoms with E-state index in [0.717, 1.165) is 45.1 Å². The van der Waals surface area contributed by atoms with Gasteiger partial charge in [-0.2, -0.15) is 0 Å². The van der Waals surface area contributed by atoms with Crippen molar-refractivity contribution < 1.29 is 19.0 Å². The van der Waals surface area contributed by atoms with Gasteiger partial charge in [-0.1, -0.05) is 13.8 Å². The zero-order valence-electron chi connectivity index (χ0n) is 14.2. The van der Waals surface area contributed by atoms with Crippen LogP contribution in [-0.4, -0.2) is 30.6 Å². The molecule has 3 fully saturated rings. The van der Waals surface area contributed by atoms with Gasteiger partial charge in [0.2, 0.25) is 0 Å². The molecule has 2 saturated heterocycles. The molecule has 0 bridgehead atoms. The molecule has 0 N–H and O–H groups in total. The van der Waals surface area contributed by atoms with E-state index in [1.54, 1.807) is 0 Å². The molecule has 4 nitrogen and oxygen atoms in total. The summed E-state index contributed by atoms with van der Waals surface area (Å²) in [5.41, 5.74) is -0.331. The molecule has 0 spiro atoms. The molecule has 1 unspecified atom stereocenters. The fourth-order valence-corrected chi connectivity index (χ4v) is 4.78. The first kappa shape index (κ1) is 16.3. The van der Waals surface area contributed by atoms with Gasteiger partial charge in [-0.3, -0.25) is 4.79 Å². The lowest BCUT2D eigenvalue weighted by molar-refractivity contribution is -0.245. The maximum absolute atomic E-state index is 11.9. The Kier molecular flexibility index (Phi) is 4.52. The van der Waals surface area contributed by atoms with Crippen molar-refractivity contribution in [1.29, 1.82) is 0 Å². The number of rotatable bonds is 2. The lowest BCUT2D eigenvalue weighted by atomic mass is 9.59. The number of carbonyl (C=O) groups excluding carboxylic acids is 1. The van der Waals surface area contributed by atoms with Crippen LogP contribution in [0.15, 0.2) is 0 Å². The number of hydrogen-bond donors (Lipinski definition) is 0. The number of fused-ring (bicyclic) bond motifs is 1. The Balaban J connectivity index is 1.74. The van der Waals surface area contributed by atoms with Gasteiger partial charge in [0.05, 0.1) is 6.10 Å². The topological polar surface area (TPSA) is 44.8 Å². The Labute approximate surface area is 133 Å². The van der Waals surface area contributed by atoms with Crippen LogP contribution in [0.25, 0.3) is 0 Å². The van der Waals surface area contributed by atoms with Crippen molar-refractivity contribution in [2.45, 2.75) is 90.1 Å². The van der Waals surface area contributed by atoms with Gasteiger partial charge in [-0.25, -0.2) is 0 Å². The summed E-state index contributed by atoms with van der Waals surface area (Å²) in [6.07, 6.45) is 7.83. The molecule has 22 heavy (non-hydrogen) atoms. The highest BCUT2D eigenvalue weighted by Gasteiger charge is 2.54. The fraction of sp³-hybridized carbons (Fsp3) is 0.944. The highest BCUT2D eigenvalue weighted by atomic mass is 16.7. The van der Waals surface area contributed by atoms with E-state index >= 15 is 0 Å². The maximum atomic E-state index is 11.9. The molecule has 1 saturated carbocycles. The van der Waals surface area contributed by atoms with Crippen LogP contribution in [0.4, 0.5) is 0 Å². The molecule has 126 valence electrons. The van der Waals surface area contributed by atoms with E-state index < -0.39 is 0 Å². The number of hydrogen-bond acceptors (Lipinski definition) is 4. The lowest BCUT2D eigenvalue weighted by Gasteiger charge is -2.53. The second-order valence-corrected chi connectivity index (χ2v) is 8.01. The molecule has 0 aromatic rings. The maximum Gasteiger partial charge on any atom is 0.306 e. The van der Waals surface area contributed by atoms with Gasteiger partial charge in [-0.15, -0.1) is 0 Å². The van der Waals surface area contributed by atoms with Crippen molar-refractivity contribution in [2.75, 3.05) is 6.61 Å². The zero-order chi connectivity index (χ0) is 15.8. The molecular formula is C18H30O4. The van der Waals surface area contributed by atoms with Crippen molar-refractivity contribution in [1.82, 2.24) is 0 Å². The molecule has 4 heteroatoms. The SMILES string of the molecule is CC1(C)[C@@H](OC2CCCCO2)CC[C@]2(C)OC(=O)CCC[C@@H]12. The van der Waals surface area contributed by atoms with E-state index in [4.69, 9.17) is 14.2 Å². The highest BCUT2D eigenvalue weighted by molar-refractivity contribution is 5.70. The van der Waals surface area contributed by atoms with Crippen LogP contribution in [0.5, 0.6) is 0 Å². The van der Waals surface area contributed by atoms with Crippen molar-refractivity contribution in [3.63, 3.8) is 0 Å². The van der Waals surface area contributed by atoms with Gasteiger partial charge < -0.3 is 14.2 Å². The minimum Gasteiger partial charge on any atom is -0.459 e. The van der Waals surface area contributed by atoms with Gasteiger partial charge in [0.15, 0.2) is 6.29 Å². The number of ether oxygens (including phenoxy) is 3. The molecule has 4 atom stereocenters. The average molecular weight is 310 g/mol. The molecular weight excluding hydrogens is 280 g/mol. The van der Waals surface area contributed by atoms with Gasteiger partial charge in [0.1, 0.15) is 5.60 Å². The summed E-state index contributed by atoms with van der Waals surface area (Å²) in [6.45, 7) is 7.50. The van der Waals surface area contributed by atoms with E-state index in [9.17, 15) is 4.79 Å². The summed E-state index contributed by atoms with van der Waals surface area (Å²) in [5, 5.41) is 0. The molecule has 3 rings (SSSR count). The Bertz CT molecular complexity index is 413. The summed E-state index contributed by atoms with van der Waals surface area (Å²) in [5.74, 6) is 0.324. The van der Waals surface area contributed by atoms with Gasteiger partial charge in [0, 0.05) is 18.9 Å². The van der Waals surface area contributed by atoms with Crippen molar-refractivity contribution in [3.8, 4) is 0 Å². The molecule has 0 aromatic heterocycles. The minimum absolute atomic E-state index is 0.00156. The minimum atomic E-state index is -0.329. The second kappa shape index (κ2) is 6.12. The van der Waals surface area contributed by atoms with E-state index in [1.807, 2.05) is 0 Å². The van der Waals surface area contributed by atoms with E-state index in [0.29, 0.717) is 12.3 Å². The standard InChI is InChI=1S/C18H30O4/c1-17(2)13-7-6-8-15(19)22-18(13,3)11-10-14(17)21-16-9-4-5-12-20-16/h13-14,16H,4-12H2,1-3H3/t13-,14-,16?,18-/m0/s1. The van der Waals surface area contributed by atoms with Crippen LogP contribution in [0.2, 0.25) is 0 Å². The van der Waals surface area contributed by atoms with Crippen LogP contribution in [0.1, 0.15) is 72.1 Å². The monoisotopic (exact) mass is 310 g/mol. The summed E-state index contributed by atoms with van der Waals surface area (Å²) < 4.78 is 18.0. The van der Waals surface area contributed by atoms with E-state index in [2.05, 4.69) is 20.8 Å². The molecule has 3 aliphatic rings. The molecule has 0 radical (unpaired) electrons. The predicted molar refractivity (Wildman–Crippen MR) is 83.3 cm³/mol. The first-order valence-corrected chi connectivity index (χ1v) is 8.91. The Hall–Kier alpha value is -0.610.